The van der Waals surface area contributed by atoms with Gasteiger partial charge in [-0.05, 0) is 24.5 Å². The van der Waals surface area contributed by atoms with Crippen molar-refractivity contribution in [1.29, 1.82) is 0 Å². The second-order valence-electron chi connectivity index (χ2n) is 9.07. The van der Waals surface area contributed by atoms with Crippen LogP contribution in [0.2, 0.25) is 5.04 Å². The molecule has 0 saturated carbocycles. The summed E-state index contributed by atoms with van der Waals surface area (Å²) in [5.41, 5.74) is 5.39. The highest BCUT2D eigenvalue weighted by Gasteiger charge is 2.59. The monoisotopic (exact) mass is 406 g/mol. The van der Waals surface area contributed by atoms with Gasteiger partial charge >= 0.3 is 8.56 Å². The molecule has 1 heterocycles. The average molecular weight is 407 g/mol. The predicted octanol–water partition coefficient (Wildman–Crippen LogP) is 6.73. The van der Waals surface area contributed by atoms with Crippen molar-refractivity contribution in [2.75, 3.05) is 0 Å². The Bertz CT molecular complexity index is 806. The molecule has 2 aromatic carbocycles. The molecule has 0 bridgehead atoms. The summed E-state index contributed by atoms with van der Waals surface area (Å²) in [5, 5.41) is -0.171. The maximum atomic E-state index is 7.19. The Morgan fingerprint density at radius 3 is 2.03 bits per heavy atom. The molecule has 0 spiro atoms. The minimum Gasteiger partial charge on any atom is -0.382 e. The minimum atomic E-state index is -2.86. The topological polar surface area (TPSA) is 18.5 Å². The number of benzene rings is 2. The standard InChI is InChI=1S/C26H34O2Si/c1-6-7-8-15-20-29(25(3,4)5)27-22(2)21-26(28-29,23-16-11-9-12-17-23)24-18-13-10-14-19-24/h9-14,16-19,22H,6-8,21H2,1-5H3/t22-,29-/m1/s1. The van der Waals surface area contributed by atoms with Crippen LogP contribution in [0.1, 0.15) is 71.4 Å². The van der Waals surface area contributed by atoms with Gasteiger partial charge in [-0.2, -0.15) is 0 Å². The molecule has 3 rings (SSSR count). The first-order valence-corrected chi connectivity index (χ1v) is 12.6. The van der Waals surface area contributed by atoms with E-state index < -0.39 is 14.2 Å². The Balaban J connectivity index is 2.17. The largest absolute Gasteiger partial charge is 0.430 e. The number of hydrogen-bond acceptors (Lipinski definition) is 2. The van der Waals surface area contributed by atoms with Crippen LogP contribution in [0.25, 0.3) is 0 Å². The van der Waals surface area contributed by atoms with E-state index in [2.05, 4.69) is 107 Å². The van der Waals surface area contributed by atoms with Gasteiger partial charge in [0.25, 0.3) is 0 Å². The third-order valence-electron chi connectivity index (χ3n) is 5.64. The summed E-state index contributed by atoms with van der Waals surface area (Å²) >= 11 is 0. The van der Waals surface area contributed by atoms with Crippen LogP contribution in [-0.2, 0) is 14.5 Å². The van der Waals surface area contributed by atoms with Gasteiger partial charge in [-0.3, -0.25) is 0 Å². The molecule has 1 aliphatic heterocycles. The van der Waals surface area contributed by atoms with E-state index in [0.717, 1.165) is 25.7 Å². The molecule has 1 saturated heterocycles. The summed E-state index contributed by atoms with van der Waals surface area (Å²) in [7, 11) is -2.86. The lowest BCUT2D eigenvalue weighted by Crippen LogP contribution is -2.61. The van der Waals surface area contributed by atoms with Gasteiger partial charge in [-0.25, -0.2) is 0 Å². The van der Waals surface area contributed by atoms with Crippen LogP contribution in [0.4, 0.5) is 0 Å². The third kappa shape index (κ3) is 4.51. The molecule has 1 aliphatic rings. The first-order chi connectivity index (χ1) is 13.8. The van der Waals surface area contributed by atoms with Crippen LogP contribution < -0.4 is 0 Å². The third-order valence-corrected chi connectivity index (χ3v) is 9.49. The molecule has 3 heteroatoms. The van der Waals surface area contributed by atoms with Crippen LogP contribution in [-0.4, -0.2) is 14.7 Å². The fraction of sp³-hybridized carbons (Fsp3) is 0.462. The van der Waals surface area contributed by atoms with Gasteiger partial charge in [-0.15, -0.1) is 5.92 Å². The zero-order chi connectivity index (χ0) is 21.0. The van der Waals surface area contributed by atoms with E-state index in [1.54, 1.807) is 0 Å². The Hall–Kier alpha value is -1.86. The van der Waals surface area contributed by atoms with E-state index >= 15 is 0 Å². The SMILES string of the molecule is CCCCC#C[Si@@]1(C(C)(C)C)O[C@H](C)CC(c2ccccc2)(c2ccccc2)O1. The molecule has 2 nitrogen and oxygen atoms in total. The molecule has 29 heavy (non-hydrogen) atoms. The van der Waals surface area contributed by atoms with E-state index in [9.17, 15) is 0 Å². The van der Waals surface area contributed by atoms with Crippen molar-refractivity contribution in [3.8, 4) is 11.5 Å². The number of unbranched alkanes of at least 4 members (excludes halogenated alkanes) is 2. The highest BCUT2D eigenvalue weighted by Crippen LogP contribution is 2.51. The van der Waals surface area contributed by atoms with Gasteiger partial charge < -0.3 is 8.85 Å². The van der Waals surface area contributed by atoms with E-state index in [1.165, 1.54) is 11.1 Å². The molecule has 0 radical (unpaired) electrons. The molecule has 0 aliphatic carbocycles. The van der Waals surface area contributed by atoms with Crippen molar-refractivity contribution < 1.29 is 8.85 Å². The Kier molecular flexibility index (Phi) is 6.68. The smallest absolute Gasteiger partial charge is 0.382 e. The fourth-order valence-corrected chi connectivity index (χ4v) is 7.00. The minimum absolute atomic E-state index is 0.0653. The molecule has 2 atom stereocenters. The summed E-state index contributed by atoms with van der Waals surface area (Å²) in [6.45, 7) is 11.0. The second kappa shape index (κ2) is 8.88. The quantitative estimate of drug-likeness (QED) is 0.318. The molecule has 2 aromatic rings. The Morgan fingerprint density at radius 2 is 1.55 bits per heavy atom. The normalized spacial score (nSPS) is 23.8. The van der Waals surface area contributed by atoms with Crippen molar-refractivity contribution in [3.63, 3.8) is 0 Å². The highest BCUT2D eigenvalue weighted by molar-refractivity contribution is 6.78. The molecule has 0 unspecified atom stereocenters. The van der Waals surface area contributed by atoms with Gasteiger partial charge in [0.2, 0.25) is 0 Å². The van der Waals surface area contributed by atoms with Crippen LogP contribution in [0, 0.1) is 11.5 Å². The van der Waals surface area contributed by atoms with Crippen molar-refractivity contribution in [3.05, 3.63) is 71.8 Å². The van der Waals surface area contributed by atoms with Crippen molar-refractivity contribution in [2.24, 2.45) is 0 Å². The van der Waals surface area contributed by atoms with Crippen LogP contribution >= 0.6 is 0 Å². The maximum Gasteiger partial charge on any atom is 0.430 e. The van der Waals surface area contributed by atoms with Crippen LogP contribution in [0.5, 0.6) is 0 Å². The molecule has 0 N–H and O–H groups in total. The van der Waals surface area contributed by atoms with Gasteiger partial charge in [0.1, 0.15) is 5.60 Å². The summed E-state index contributed by atoms with van der Waals surface area (Å²) in [6.07, 6.45) is 4.00. The second-order valence-corrected chi connectivity index (χ2v) is 12.5. The van der Waals surface area contributed by atoms with E-state index in [0.29, 0.717) is 0 Å². The van der Waals surface area contributed by atoms with E-state index in [1.807, 2.05) is 0 Å². The van der Waals surface area contributed by atoms with Gasteiger partial charge in [-0.1, -0.05) is 100 Å². The summed E-state index contributed by atoms with van der Waals surface area (Å²) in [4.78, 5) is 0. The highest BCUT2D eigenvalue weighted by atomic mass is 28.4. The van der Waals surface area contributed by atoms with Gasteiger partial charge in [0, 0.05) is 24.0 Å². The lowest BCUT2D eigenvalue weighted by molar-refractivity contribution is -0.0485. The fourth-order valence-electron chi connectivity index (χ4n) is 3.99. The number of hydrogen-bond donors (Lipinski definition) is 0. The summed E-state index contributed by atoms with van der Waals surface area (Å²) in [5.74, 6) is 3.43. The van der Waals surface area contributed by atoms with Crippen LogP contribution in [0.3, 0.4) is 0 Å². The molecular formula is C26H34O2Si. The molecule has 154 valence electrons. The Labute approximate surface area is 177 Å². The lowest BCUT2D eigenvalue weighted by atomic mass is 9.82. The molecule has 0 aromatic heterocycles. The lowest BCUT2D eigenvalue weighted by Gasteiger charge is -2.51. The summed E-state index contributed by atoms with van der Waals surface area (Å²) < 4.78 is 13.9. The van der Waals surface area contributed by atoms with E-state index in [4.69, 9.17) is 8.85 Å². The van der Waals surface area contributed by atoms with Crippen molar-refractivity contribution in [1.82, 2.24) is 0 Å². The average Bonchev–Trinajstić information content (AvgIpc) is 2.71. The van der Waals surface area contributed by atoms with Gasteiger partial charge in [0.15, 0.2) is 0 Å². The van der Waals surface area contributed by atoms with Crippen molar-refractivity contribution >= 4 is 8.56 Å². The molecule has 0 amide bonds. The van der Waals surface area contributed by atoms with Crippen LogP contribution in [0.15, 0.2) is 60.7 Å². The van der Waals surface area contributed by atoms with Crippen molar-refractivity contribution in [2.45, 2.75) is 77.0 Å². The van der Waals surface area contributed by atoms with Gasteiger partial charge in [0.05, 0.1) is 0 Å². The maximum absolute atomic E-state index is 7.19. The first kappa shape index (κ1) is 21.8. The zero-order valence-electron chi connectivity index (χ0n) is 18.5. The molecular weight excluding hydrogens is 372 g/mol. The van der Waals surface area contributed by atoms with E-state index in [-0.39, 0.29) is 11.1 Å². The predicted molar refractivity (Wildman–Crippen MR) is 123 cm³/mol. The first-order valence-electron chi connectivity index (χ1n) is 10.8. The zero-order valence-corrected chi connectivity index (χ0v) is 19.5. The Morgan fingerprint density at radius 1 is 1.00 bits per heavy atom. The number of rotatable bonds is 4. The molecule has 1 fully saturated rings. The summed E-state index contributed by atoms with van der Waals surface area (Å²) in [6, 6.07) is 21.2.